The molecular formula is C12H14N4. The van der Waals surface area contributed by atoms with E-state index in [1.807, 2.05) is 0 Å². The first-order valence-corrected chi connectivity index (χ1v) is 5.79. The van der Waals surface area contributed by atoms with Gasteiger partial charge in [0.25, 0.3) is 0 Å². The summed E-state index contributed by atoms with van der Waals surface area (Å²) in [6.45, 7) is 2.06. The van der Waals surface area contributed by atoms with Crippen LogP contribution in [-0.2, 0) is 0 Å². The number of hydrogen-bond donors (Lipinski definition) is 0. The fraction of sp³-hybridized carbons (Fsp3) is 0.583. The van der Waals surface area contributed by atoms with E-state index in [4.69, 9.17) is 5.26 Å². The van der Waals surface area contributed by atoms with Crippen LogP contribution in [-0.4, -0.2) is 23.1 Å². The standard InChI is InChI=1S/C12H14N4/c13-8-10-11(15-6-5-14-10)16-7-1-2-12(9-16)3-4-12/h5-6H,1-4,7,9H2. The number of hydrogen-bond acceptors (Lipinski definition) is 4. The summed E-state index contributed by atoms with van der Waals surface area (Å²) >= 11 is 0. The Labute approximate surface area is 94.9 Å². The van der Waals surface area contributed by atoms with Crippen molar-refractivity contribution in [2.75, 3.05) is 18.0 Å². The van der Waals surface area contributed by atoms with Gasteiger partial charge in [0.1, 0.15) is 6.07 Å². The number of aromatic nitrogens is 2. The largest absolute Gasteiger partial charge is 0.354 e. The highest BCUT2D eigenvalue weighted by Gasteiger charge is 2.45. The molecule has 0 N–H and O–H groups in total. The van der Waals surface area contributed by atoms with Gasteiger partial charge in [-0.1, -0.05) is 0 Å². The Morgan fingerprint density at radius 3 is 2.81 bits per heavy atom. The zero-order valence-electron chi connectivity index (χ0n) is 9.19. The molecule has 4 nitrogen and oxygen atoms in total. The Bertz CT molecular complexity index is 445. The minimum absolute atomic E-state index is 0.459. The van der Waals surface area contributed by atoms with Crippen LogP contribution in [0.25, 0.3) is 0 Å². The van der Waals surface area contributed by atoms with E-state index in [1.54, 1.807) is 12.4 Å². The molecule has 0 bridgehead atoms. The van der Waals surface area contributed by atoms with E-state index in [2.05, 4.69) is 20.9 Å². The molecule has 0 atom stereocenters. The molecule has 1 spiro atoms. The van der Waals surface area contributed by atoms with Gasteiger partial charge in [0.15, 0.2) is 11.5 Å². The van der Waals surface area contributed by atoms with Crippen molar-refractivity contribution in [3.8, 4) is 6.07 Å². The van der Waals surface area contributed by atoms with Gasteiger partial charge in [-0.05, 0) is 31.1 Å². The third-order valence-electron chi connectivity index (χ3n) is 3.70. The van der Waals surface area contributed by atoms with E-state index >= 15 is 0 Å². The van der Waals surface area contributed by atoms with Gasteiger partial charge in [0.2, 0.25) is 0 Å². The summed E-state index contributed by atoms with van der Waals surface area (Å²) in [5.41, 5.74) is 1.00. The minimum Gasteiger partial charge on any atom is -0.354 e. The molecule has 1 aliphatic carbocycles. The van der Waals surface area contributed by atoms with Gasteiger partial charge in [-0.15, -0.1) is 0 Å². The van der Waals surface area contributed by atoms with Crippen molar-refractivity contribution < 1.29 is 0 Å². The van der Waals surface area contributed by atoms with E-state index in [0.29, 0.717) is 11.1 Å². The van der Waals surface area contributed by atoms with Crippen molar-refractivity contribution >= 4 is 5.82 Å². The second-order valence-electron chi connectivity index (χ2n) is 4.87. The molecule has 0 radical (unpaired) electrons. The van der Waals surface area contributed by atoms with Crippen LogP contribution in [0.3, 0.4) is 0 Å². The maximum atomic E-state index is 9.02. The lowest BCUT2D eigenvalue weighted by Gasteiger charge is -2.33. The van der Waals surface area contributed by atoms with Crippen LogP contribution in [0, 0.1) is 16.7 Å². The Balaban J connectivity index is 1.89. The SMILES string of the molecule is N#Cc1nccnc1N1CCCC2(CC2)C1. The maximum Gasteiger partial charge on any atom is 0.183 e. The molecule has 1 aromatic heterocycles. The molecule has 1 aromatic rings. The van der Waals surface area contributed by atoms with Crippen LogP contribution in [0.5, 0.6) is 0 Å². The first kappa shape index (κ1) is 9.59. The van der Waals surface area contributed by atoms with Crippen molar-refractivity contribution in [1.29, 1.82) is 5.26 Å². The Kier molecular flexibility index (Phi) is 2.06. The van der Waals surface area contributed by atoms with Crippen LogP contribution in [0.1, 0.15) is 31.4 Å². The zero-order chi connectivity index (χ0) is 11.0. The van der Waals surface area contributed by atoms with Gasteiger partial charge < -0.3 is 4.90 Å². The molecule has 0 amide bonds. The smallest absolute Gasteiger partial charge is 0.183 e. The summed E-state index contributed by atoms with van der Waals surface area (Å²) in [6.07, 6.45) is 8.48. The number of piperidine rings is 1. The lowest BCUT2D eigenvalue weighted by molar-refractivity contribution is 0.393. The van der Waals surface area contributed by atoms with Gasteiger partial charge in [-0.2, -0.15) is 5.26 Å². The van der Waals surface area contributed by atoms with Gasteiger partial charge in [0, 0.05) is 25.5 Å². The molecule has 3 rings (SSSR count). The first-order valence-electron chi connectivity index (χ1n) is 5.79. The number of nitrogens with zero attached hydrogens (tertiary/aromatic N) is 4. The van der Waals surface area contributed by atoms with Crippen molar-refractivity contribution in [2.24, 2.45) is 5.41 Å². The second-order valence-corrected chi connectivity index (χ2v) is 4.87. The maximum absolute atomic E-state index is 9.02. The Morgan fingerprint density at radius 1 is 1.25 bits per heavy atom. The second kappa shape index (κ2) is 3.44. The van der Waals surface area contributed by atoms with Gasteiger partial charge in [-0.25, -0.2) is 9.97 Å². The Hall–Kier alpha value is -1.63. The summed E-state index contributed by atoms with van der Waals surface area (Å²) < 4.78 is 0. The fourth-order valence-corrected chi connectivity index (χ4v) is 2.61. The summed E-state index contributed by atoms with van der Waals surface area (Å²) in [4.78, 5) is 10.6. The summed E-state index contributed by atoms with van der Waals surface area (Å²) in [7, 11) is 0. The van der Waals surface area contributed by atoms with Crippen LogP contribution in [0.4, 0.5) is 5.82 Å². The molecule has 2 aliphatic rings. The normalized spacial score (nSPS) is 21.8. The third-order valence-corrected chi connectivity index (χ3v) is 3.70. The van der Waals surface area contributed by atoms with Crippen LogP contribution in [0.2, 0.25) is 0 Å². The highest BCUT2D eigenvalue weighted by molar-refractivity contribution is 5.50. The zero-order valence-corrected chi connectivity index (χ0v) is 9.19. The van der Waals surface area contributed by atoms with E-state index in [1.165, 1.54) is 25.7 Å². The molecule has 2 fully saturated rings. The fourth-order valence-electron chi connectivity index (χ4n) is 2.61. The van der Waals surface area contributed by atoms with Gasteiger partial charge >= 0.3 is 0 Å². The van der Waals surface area contributed by atoms with Gasteiger partial charge in [-0.3, -0.25) is 0 Å². The highest BCUT2D eigenvalue weighted by Crippen LogP contribution is 2.52. The molecule has 2 heterocycles. The predicted molar refractivity (Wildman–Crippen MR) is 59.9 cm³/mol. The molecule has 0 aromatic carbocycles. The lowest BCUT2D eigenvalue weighted by atomic mass is 9.95. The Morgan fingerprint density at radius 2 is 2.06 bits per heavy atom. The van der Waals surface area contributed by atoms with Crippen LogP contribution < -0.4 is 4.90 Å². The van der Waals surface area contributed by atoms with Crippen molar-refractivity contribution in [3.63, 3.8) is 0 Å². The van der Waals surface area contributed by atoms with Gasteiger partial charge in [0.05, 0.1) is 0 Å². The molecule has 16 heavy (non-hydrogen) atoms. The average Bonchev–Trinajstić information content (AvgIpc) is 3.08. The molecular weight excluding hydrogens is 200 g/mol. The minimum atomic E-state index is 0.459. The average molecular weight is 214 g/mol. The lowest BCUT2D eigenvalue weighted by Crippen LogP contribution is -2.37. The molecule has 1 saturated carbocycles. The summed E-state index contributed by atoms with van der Waals surface area (Å²) in [5, 5.41) is 9.02. The summed E-state index contributed by atoms with van der Waals surface area (Å²) in [6, 6.07) is 2.13. The van der Waals surface area contributed by atoms with Crippen LogP contribution in [0.15, 0.2) is 12.4 Å². The van der Waals surface area contributed by atoms with Crippen molar-refractivity contribution in [1.82, 2.24) is 9.97 Å². The predicted octanol–water partition coefficient (Wildman–Crippen LogP) is 1.73. The first-order chi connectivity index (χ1) is 7.83. The van der Waals surface area contributed by atoms with E-state index < -0.39 is 0 Å². The van der Waals surface area contributed by atoms with Crippen molar-refractivity contribution in [3.05, 3.63) is 18.1 Å². The summed E-state index contributed by atoms with van der Waals surface area (Å²) in [5.74, 6) is 0.774. The molecule has 1 aliphatic heterocycles. The van der Waals surface area contributed by atoms with E-state index in [9.17, 15) is 0 Å². The number of nitriles is 1. The molecule has 4 heteroatoms. The quantitative estimate of drug-likeness (QED) is 0.714. The molecule has 0 unspecified atom stereocenters. The molecule has 1 saturated heterocycles. The highest BCUT2D eigenvalue weighted by atomic mass is 15.2. The third kappa shape index (κ3) is 1.53. The van der Waals surface area contributed by atoms with E-state index in [-0.39, 0.29) is 0 Å². The molecule has 82 valence electrons. The monoisotopic (exact) mass is 214 g/mol. The number of rotatable bonds is 1. The number of anilines is 1. The van der Waals surface area contributed by atoms with Crippen molar-refractivity contribution in [2.45, 2.75) is 25.7 Å². The topological polar surface area (TPSA) is 52.8 Å². The van der Waals surface area contributed by atoms with Crippen LogP contribution >= 0.6 is 0 Å². The van der Waals surface area contributed by atoms with E-state index in [0.717, 1.165) is 18.9 Å².